The Kier molecular flexibility index (Phi) is 3.78. The van der Waals surface area contributed by atoms with E-state index in [1.165, 1.54) is 0 Å². The minimum atomic E-state index is 0.208. The number of anilines is 1. The smallest absolute Gasteiger partial charge is 0.228 e. The summed E-state index contributed by atoms with van der Waals surface area (Å²) in [6, 6.07) is 0. The van der Waals surface area contributed by atoms with E-state index in [0.29, 0.717) is 36.2 Å². The summed E-state index contributed by atoms with van der Waals surface area (Å²) < 4.78 is 4.99. The van der Waals surface area contributed by atoms with E-state index in [2.05, 4.69) is 25.4 Å². The second-order valence-corrected chi connectivity index (χ2v) is 3.97. The predicted molar refractivity (Wildman–Crippen MR) is 69.1 cm³/mol. The molecule has 0 fully saturated rings. The fourth-order valence-corrected chi connectivity index (χ4v) is 1.53. The first-order valence-electron chi connectivity index (χ1n) is 5.30. The first kappa shape index (κ1) is 12.4. The Morgan fingerprint density at radius 3 is 2.89 bits per heavy atom. The van der Waals surface area contributed by atoms with Crippen LogP contribution in [0.25, 0.3) is 0 Å². The van der Waals surface area contributed by atoms with E-state index in [1.807, 2.05) is 0 Å². The molecule has 0 amide bonds. The summed E-state index contributed by atoms with van der Waals surface area (Å²) in [6.07, 6.45) is 3.70. The third-order valence-corrected chi connectivity index (χ3v) is 2.33. The van der Waals surface area contributed by atoms with Gasteiger partial charge in [-0.2, -0.15) is 4.98 Å². The molecule has 2 aromatic heterocycles. The number of thiocarbonyl (C=S) groups is 1. The van der Waals surface area contributed by atoms with Crippen molar-refractivity contribution in [3.63, 3.8) is 0 Å². The molecule has 2 rings (SSSR count). The Morgan fingerprint density at radius 2 is 2.22 bits per heavy atom. The molecule has 0 bridgehead atoms. The molecule has 3 N–H and O–H groups in total. The highest BCUT2D eigenvalue weighted by Crippen LogP contribution is 2.08. The van der Waals surface area contributed by atoms with Gasteiger partial charge in [-0.3, -0.25) is 0 Å². The summed E-state index contributed by atoms with van der Waals surface area (Å²) >= 11 is 4.89. The Bertz CT molecular complexity index is 555. The molecule has 0 aliphatic heterocycles. The molecule has 94 valence electrons. The van der Waals surface area contributed by atoms with Gasteiger partial charge >= 0.3 is 0 Å². The van der Waals surface area contributed by atoms with E-state index in [9.17, 15) is 0 Å². The molecule has 0 aliphatic rings. The first-order valence-corrected chi connectivity index (χ1v) is 5.71. The van der Waals surface area contributed by atoms with Crippen LogP contribution in [0.1, 0.15) is 17.4 Å². The largest absolute Gasteiger partial charge is 0.388 e. The molecular weight excluding hydrogens is 252 g/mol. The molecule has 0 radical (unpaired) electrons. The fourth-order valence-electron chi connectivity index (χ4n) is 1.38. The predicted octanol–water partition coefficient (Wildman–Crippen LogP) is 0.457. The van der Waals surface area contributed by atoms with Gasteiger partial charge in [0.2, 0.25) is 5.89 Å². The van der Waals surface area contributed by atoms with E-state index in [-0.39, 0.29) is 4.99 Å². The highest BCUT2D eigenvalue weighted by atomic mass is 32.1. The van der Waals surface area contributed by atoms with Crippen LogP contribution < -0.4 is 11.1 Å². The summed E-state index contributed by atoms with van der Waals surface area (Å²) in [5, 5.41) is 6.79. The number of nitrogens with two attached hydrogens (primary N) is 1. The summed E-state index contributed by atoms with van der Waals surface area (Å²) in [6.45, 7) is 2.35. The van der Waals surface area contributed by atoms with Crippen molar-refractivity contribution < 1.29 is 4.52 Å². The second kappa shape index (κ2) is 5.50. The van der Waals surface area contributed by atoms with Crippen molar-refractivity contribution in [1.82, 2.24) is 20.1 Å². The van der Waals surface area contributed by atoms with Gasteiger partial charge in [0.25, 0.3) is 0 Å². The van der Waals surface area contributed by atoms with Gasteiger partial charge in [0.05, 0.1) is 0 Å². The monoisotopic (exact) mass is 264 g/mol. The van der Waals surface area contributed by atoms with E-state index in [1.54, 1.807) is 19.3 Å². The maximum absolute atomic E-state index is 5.55. The number of nitrogens with zero attached hydrogens (tertiary/aromatic N) is 4. The number of aromatic nitrogens is 4. The van der Waals surface area contributed by atoms with Gasteiger partial charge in [-0.05, 0) is 6.92 Å². The third-order valence-electron chi connectivity index (χ3n) is 2.13. The lowest BCUT2D eigenvalue weighted by atomic mass is 10.3. The van der Waals surface area contributed by atoms with Crippen molar-refractivity contribution in [3.8, 4) is 0 Å². The topological polar surface area (TPSA) is 103 Å². The van der Waals surface area contributed by atoms with Gasteiger partial charge in [-0.1, -0.05) is 17.4 Å². The van der Waals surface area contributed by atoms with Crippen LogP contribution in [-0.4, -0.2) is 31.6 Å². The highest BCUT2D eigenvalue weighted by molar-refractivity contribution is 7.80. The molecule has 7 nitrogen and oxygen atoms in total. The molecule has 8 heteroatoms. The summed E-state index contributed by atoms with van der Waals surface area (Å²) in [7, 11) is 0. The van der Waals surface area contributed by atoms with Gasteiger partial charge in [0.1, 0.15) is 10.7 Å². The highest BCUT2D eigenvalue weighted by Gasteiger charge is 2.08. The summed E-state index contributed by atoms with van der Waals surface area (Å²) in [4.78, 5) is 12.5. The number of nitrogens with one attached hydrogen (secondary N) is 1. The van der Waals surface area contributed by atoms with Crippen LogP contribution in [-0.2, 0) is 6.42 Å². The van der Waals surface area contributed by atoms with Crippen molar-refractivity contribution in [2.24, 2.45) is 5.73 Å². The lowest BCUT2D eigenvalue weighted by molar-refractivity contribution is 0.377. The van der Waals surface area contributed by atoms with Crippen LogP contribution in [0, 0.1) is 6.92 Å². The normalized spacial score (nSPS) is 10.3. The minimum Gasteiger partial charge on any atom is -0.388 e. The van der Waals surface area contributed by atoms with Gasteiger partial charge in [-0.15, -0.1) is 0 Å². The summed E-state index contributed by atoms with van der Waals surface area (Å²) in [5.74, 6) is 1.75. The maximum atomic E-state index is 5.55. The maximum Gasteiger partial charge on any atom is 0.228 e. The van der Waals surface area contributed by atoms with E-state index in [0.717, 1.165) is 0 Å². The van der Waals surface area contributed by atoms with Crippen LogP contribution in [0.5, 0.6) is 0 Å². The number of hydrogen-bond acceptors (Lipinski definition) is 7. The second-order valence-electron chi connectivity index (χ2n) is 3.53. The van der Waals surface area contributed by atoms with Crippen LogP contribution in [0.3, 0.4) is 0 Å². The zero-order valence-electron chi connectivity index (χ0n) is 9.75. The zero-order chi connectivity index (χ0) is 13.0. The van der Waals surface area contributed by atoms with Crippen molar-refractivity contribution in [1.29, 1.82) is 0 Å². The molecule has 18 heavy (non-hydrogen) atoms. The molecule has 0 unspecified atom stereocenters. The van der Waals surface area contributed by atoms with Gasteiger partial charge in [0.15, 0.2) is 11.6 Å². The van der Waals surface area contributed by atoms with E-state index < -0.39 is 0 Å². The fraction of sp³-hybridized carbons (Fsp3) is 0.300. The van der Waals surface area contributed by atoms with E-state index >= 15 is 0 Å². The van der Waals surface area contributed by atoms with Crippen molar-refractivity contribution in [2.75, 3.05) is 11.9 Å². The molecule has 0 saturated carbocycles. The SMILES string of the molecule is Cc1noc(CCNc2nccnc2C(N)=S)n1. The molecule has 0 aliphatic carbocycles. The van der Waals surface area contributed by atoms with E-state index in [4.69, 9.17) is 22.5 Å². The van der Waals surface area contributed by atoms with Crippen molar-refractivity contribution >= 4 is 23.0 Å². The molecule has 0 saturated heterocycles. The summed E-state index contributed by atoms with van der Waals surface area (Å²) in [5.41, 5.74) is 6.03. The van der Waals surface area contributed by atoms with Crippen molar-refractivity contribution in [2.45, 2.75) is 13.3 Å². The minimum absolute atomic E-state index is 0.208. The van der Waals surface area contributed by atoms with Crippen molar-refractivity contribution in [3.05, 3.63) is 29.8 Å². The zero-order valence-corrected chi connectivity index (χ0v) is 10.6. The van der Waals surface area contributed by atoms with Gasteiger partial charge in [-0.25, -0.2) is 9.97 Å². The molecule has 2 aromatic rings. The Hall–Kier alpha value is -2.09. The molecular formula is C10H12N6OS. The van der Waals surface area contributed by atoms with Crippen LogP contribution in [0.15, 0.2) is 16.9 Å². The van der Waals surface area contributed by atoms with Gasteiger partial charge < -0.3 is 15.6 Å². The third kappa shape index (κ3) is 2.98. The number of aryl methyl sites for hydroxylation is 1. The average Bonchev–Trinajstić information content (AvgIpc) is 2.75. The lowest BCUT2D eigenvalue weighted by Crippen LogP contribution is -2.17. The number of rotatable bonds is 5. The Labute approximate surface area is 109 Å². The molecule has 2 heterocycles. The molecule has 0 aromatic carbocycles. The molecule has 0 atom stereocenters. The number of hydrogen-bond donors (Lipinski definition) is 2. The van der Waals surface area contributed by atoms with Gasteiger partial charge in [0, 0.05) is 25.4 Å². The van der Waals surface area contributed by atoms with Crippen LogP contribution >= 0.6 is 12.2 Å². The van der Waals surface area contributed by atoms with Crippen LogP contribution in [0.4, 0.5) is 5.82 Å². The quantitative estimate of drug-likeness (QED) is 0.751. The average molecular weight is 264 g/mol. The van der Waals surface area contributed by atoms with Crippen LogP contribution in [0.2, 0.25) is 0 Å². The Balaban J connectivity index is 1.96. The first-order chi connectivity index (χ1) is 8.66. The standard InChI is InChI=1S/C10H12N6OS/c1-6-15-7(17-16-6)2-3-13-10-8(9(11)18)12-4-5-14-10/h4-5H,2-3H2,1H3,(H2,11,18)(H,13,14). The lowest BCUT2D eigenvalue weighted by Gasteiger charge is -2.07. The molecule has 0 spiro atoms. The Morgan fingerprint density at radius 1 is 1.44 bits per heavy atom.